The van der Waals surface area contributed by atoms with E-state index in [0.29, 0.717) is 6.61 Å². The van der Waals surface area contributed by atoms with Gasteiger partial charge in [0, 0.05) is 0 Å². The summed E-state index contributed by atoms with van der Waals surface area (Å²) in [5, 5.41) is 8.16. The molecule has 0 bridgehead atoms. The molecule has 0 saturated heterocycles. The van der Waals surface area contributed by atoms with Gasteiger partial charge in [0.25, 0.3) is 0 Å². The van der Waals surface area contributed by atoms with E-state index in [1.165, 1.54) is 0 Å². The Morgan fingerprint density at radius 2 is 2.44 bits per heavy atom. The summed E-state index contributed by atoms with van der Waals surface area (Å²) in [5.74, 6) is 0.212. The minimum Gasteiger partial charge on any atom is -0.484 e. The van der Waals surface area contributed by atoms with Crippen LogP contribution in [0.15, 0.2) is 12.3 Å². The van der Waals surface area contributed by atoms with Gasteiger partial charge in [0.1, 0.15) is 6.07 Å². The molecule has 9 heavy (non-hydrogen) atoms. The smallest absolute Gasteiger partial charge is 0.189 e. The average molecular weight is 125 g/mol. The van der Waals surface area contributed by atoms with Crippen molar-refractivity contribution in [3.63, 3.8) is 0 Å². The maximum atomic E-state index is 8.16. The second kappa shape index (κ2) is 5.17. The van der Waals surface area contributed by atoms with E-state index in [9.17, 15) is 0 Å². The van der Waals surface area contributed by atoms with Crippen LogP contribution in [0.4, 0.5) is 0 Å². The zero-order valence-corrected chi connectivity index (χ0v) is 5.68. The zero-order chi connectivity index (χ0) is 7.11. The van der Waals surface area contributed by atoms with Gasteiger partial charge in [-0.3, -0.25) is 0 Å². The van der Waals surface area contributed by atoms with Crippen molar-refractivity contribution in [1.29, 1.82) is 5.26 Å². The minimum absolute atomic E-state index is 0.212. The van der Waals surface area contributed by atoms with Gasteiger partial charge in [-0.25, -0.2) is 0 Å². The molecular formula is C7H11NO. The fourth-order valence-electron chi connectivity index (χ4n) is 0.372. The molecule has 2 heteroatoms. The number of allylic oxidation sites excluding steroid dienone is 1. The van der Waals surface area contributed by atoms with E-state index in [-0.39, 0.29) is 5.76 Å². The molecule has 50 valence electrons. The third-order valence-corrected chi connectivity index (χ3v) is 0.899. The van der Waals surface area contributed by atoms with Gasteiger partial charge >= 0.3 is 0 Å². The van der Waals surface area contributed by atoms with Gasteiger partial charge in [-0.2, -0.15) is 5.26 Å². The molecule has 0 aliphatic rings. The van der Waals surface area contributed by atoms with Crippen LogP contribution in [0.3, 0.4) is 0 Å². The lowest BCUT2D eigenvalue weighted by molar-refractivity contribution is 0.223. The van der Waals surface area contributed by atoms with Crippen molar-refractivity contribution in [3.05, 3.63) is 12.3 Å². The quantitative estimate of drug-likeness (QED) is 0.326. The molecule has 0 N–H and O–H groups in total. The summed E-state index contributed by atoms with van der Waals surface area (Å²) in [4.78, 5) is 0. The van der Waals surface area contributed by atoms with Gasteiger partial charge in [-0.1, -0.05) is 13.3 Å². The molecule has 0 aromatic rings. The molecule has 0 spiro atoms. The number of hydrogen-bond donors (Lipinski definition) is 0. The predicted octanol–water partition coefficient (Wildman–Crippen LogP) is 1.84. The summed E-state index contributed by atoms with van der Waals surface area (Å²) in [5.41, 5.74) is 0. The summed E-state index contributed by atoms with van der Waals surface area (Å²) in [7, 11) is 0. The van der Waals surface area contributed by atoms with Gasteiger partial charge in [0.15, 0.2) is 5.76 Å². The molecule has 0 unspecified atom stereocenters. The van der Waals surface area contributed by atoms with Crippen LogP contribution in [0.1, 0.15) is 19.8 Å². The van der Waals surface area contributed by atoms with Crippen LogP contribution < -0.4 is 0 Å². The molecule has 0 aliphatic carbocycles. The largest absolute Gasteiger partial charge is 0.484 e. The van der Waals surface area contributed by atoms with Crippen LogP contribution in [-0.2, 0) is 4.74 Å². The van der Waals surface area contributed by atoms with Crippen molar-refractivity contribution >= 4 is 0 Å². The highest BCUT2D eigenvalue weighted by Gasteiger charge is 1.87. The first-order chi connectivity index (χ1) is 4.31. The molecule has 0 aliphatic heterocycles. The summed E-state index contributed by atoms with van der Waals surface area (Å²) in [6.45, 7) is 6.04. The topological polar surface area (TPSA) is 33.0 Å². The third kappa shape index (κ3) is 4.89. The normalized spacial score (nSPS) is 8.00. The first-order valence-corrected chi connectivity index (χ1v) is 3.03. The van der Waals surface area contributed by atoms with Crippen LogP contribution in [0, 0.1) is 11.3 Å². The van der Waals surface area contributed by atoms with Crippen molar-refractivity contribution in [3.8, 4) is 6.07 Å². The van der Waals surface area contributed by atoms with Crippen molar-refractivity contribution in [2.45, 2.75) is 19.8 Å². The van der Waals surface area contributed by atoms with Crippen LogP contribution in [0.2, 0.25) is 0 Å². The molecule has 0 fully saturated rings. The molecule has 0 aromatic carbocycles. The highest BCUT2D eigenvalue weighted by atomic mass is 16.5. The standard InChI is InChI=1S/C7H11NO/c1-3-4-5-9-7(2)6-8/h2-5H2,1H3. The summed E-state index contributed by atoms with van der Waals surface area (Å²) in [6.07, 6.45) is 2.07. The van der Waals surface area contributed by atoms with Crippen molar-refractivity contribution in [2.75, 3.05) is 6.61 Å². The van der Waals surface area contributed by atoms with E-state index in [4.69, 9.17) is 10.00 Å². The number of unbranched alkanes of at least 4 members (excludes halogenated alkanes) is 1. The van der Waals surface area contributed by atoms with Crippen LogP contribution in [-0.4, -0.2) is 6.61 Å². The molecule has 0 heterocycles. The maximum Gasteiger partial charge on any atom is 0.189 e. The number of ether oxygens (including phenoxy) is 1. The van der Waals surface area contributed by atoms with E-state index in [2.05, 4.69) is 13.5 Å². The molecule has 0 rings (SSSR count). The Hall–Kier alpha value is -0.970. The molecule has 2 nitrogen and oxygen atoms in total. The predicted molar refractivity (Wildman–Crippen MR) is 35.6 cm³/mol. The van der Waals surface area contributed by atoms with Crippen molar-refractivity contribution < 1.29 is 4.74 Å². The summed E-state index contributed by atoms with van der Waals surface area (Å²) in [6, 6.07) is 1.81. The lowest BCUT2D eigenvalue weighted by atomic mass is 10.4. The minimum atomic E-state index is 0.212. The molecule has 0 atom stereocenters. The summed E-state index contributed by atoms with van der Waals surface area (Å²) >= 11 is 0. The Morgan fingerprint density at radius 3 is 2.89 bits per heavy atom. The number of rotatable bonds is 4. The van der Waals surface area contributed by atoms with Crippen LogP contribution in [0.25, 0.3) is 0 Å². The van der Waals surface area contributed by atoms with Gasteiger partial charge < -0.3 is 4.74 Å². The number of nitrogens with zero attached hydrogens (tertiary/aromatic N) is 1. The fourth-order valence-corrected chi connectivity index (χ4v) is 0.372. The second-order valence-corrected chi connectivity index (χ2v) is 1.74. The third-order valence-electron chi connectivity index (χ3n) is 0.899. The van der Waals surface area contributed by atoms with Crippen molar-refractivity contribution in [2.24, 2.45) is 0 Å². The first-order valence-electron chi connectivity index (χ1n) is 3.03. The monoisotopic (exact) mass is 125 g/mol. The Bertz CT molecular complexity index is 123. The maximum absolute atomic E-state index is 8.16. The Balaban J connectivity index is 3.10. The van der Waals surface area contributed by atoms with Crippen LogP contribution in [0.5, 0.6) is 0 Å². The van der Waals surface area contributed by atoms with Gasteiger partial charge in [0.2, 0.25) is 0 Å². The Morgan fingerprint density at radius 1 is 1.78 bits per heavy atom. The van der Waals surface area contributed by atoms with E-state index < -0.39 is 0 Å². The lowest BCUT2D eigenvalue weighted by Crippen LogP contribution is -1.90. The zero-order valence-electron chi connectivity index (χ0n) is 5.68. The van der Waals surface area contributed by atoms with Crippen LogP contribution >= 0.6 is 0 Å². The van der Waals surface area contributed by atoms with Gasteiger partial charge in [-0.15, -0.1) is 0 Å². The lowest BCUT2D eigenvalue weighted by Gasteiger charge is -1.98. The highest BCUT2D eigenvalue weighted by Crippen LogP contribution is 1.93. The van der Waals surface area contributed by atoms with E-state index in [1.54, 1.807) is 0 Å². The number of nitriles is 1. The molecular weight excluding hydrogens is 114 g/mol. The Kier molecular flexibility index (Phi) is 4.61. The summed E-state index contributed by atoms with van der Waals surface area (Å²) < 4.78 is 4.88. The van der Waals surface area contributed by atoms with E-state index >= 15 is 0 Å². The molecule has 0 aromatic heterocycles. The Labute approximate surface area is 55.7 Å². The van der Waals surface area contributed by atoms with Crippen molar-refractivity contribution in [1.82, 2.24) is 0 Å². The average Bonchev–Trinajstić information content (AvgIpc) is 1.89. The number of hydrogen-bond acceptors (Lipinski definition) is 2. The van der Waals surface area contributed by atoms with E-state index in [1.807, 2.05) is 6.07 Å². The SMILES string of the molecule is C=C(C#N)OCCCC. The van der Waals surface area contributed by atoms with E-state index in [0.717, 1.165) is 12.8 Å². The highest BCUT2D eigenvalue weighted by molar-refractivity contribution is 5.06. The second-order valence-electron chi connectivity index (χ2n) is 1.74. The van der Waals surface area contributed by atoms with Gasteiger partial charge in [0.05, 0.1) is 6.61 Å². The molecule has 0 amide bonds. The molecule has 0 radical (unpaired) electrons. The molecule has 0 saturated carbocycles. The van der Waals surface area contributed by atoms with Gasteiger partial charge in [-0.05, 0) is 13.0 Å². The first kappa shape index (κ1) is 8.03. The fraction of sp³-hybridized carbons (Fsp3) is 0.571.